The van der Waals surface area contributed by atoms with Crippen molar-refractivity contribution in [3.8, 4) is 5.75 Å². The fraction of sp³-hybridized carbons (Fsp3) is 0.391. The highest BCUT2D eigenvalue weighted by Crippen LogP contribution is 2.27. The first-order chi connectivity index (χ1) is 15.6. The first kappa shape index (κ1) is 22.3. The molecule has 1 aliphatic rings. The number of thioether (sulfide) groups is 1. The van der Waals surface area contributed by atoms with Crippen LogP contribution in [0.25, 0.3) is 11.0 Å². The van der Waals surface area contributed by atoms with Gasteiger partial charge in [0.2, 0.25) is 5.91 Å². The minimum atomic E-state index is -0.440. The van der Waals surface area contributed by atoms with Crippen LogP contribution in [0, 0.1) is 0 Å². The van der Waals surface area contributed by atoms with Crippen molar-refractivity contribution in [1.29, 1.82) is 0 Å². The molecular formula is C23H26N4O4S. The fourth-order valence-corrected chi connectivity index (χ4v) is 4.66. The zero-order valence-corrected chi connectivity index (χ0v) is 18.9. The number of pyridine rings is 1. The number of carbonyl (C=O) groups is 1. The summed E-state index contributed by atoms with van der Waals surface area (Å²) in [5.41, 5.74) is 0.870. The lowest BCUT2D eigenvalue weighted by Crippen LogP contribution is -2.31. The summed E-state index contributed by atoms with van der Waals surface area (Å²) in [6.45, 7) is 3.04. The average molecular weight is 455 g/mol. The second-order valence-corrected chi connectivity index (χ2v) is 8.73. The van der Waals surface area contributed by atoms with Crippen LogP contribution in [0.1, 0.15) is 26.2 Å². The van der Waals surface area contributed by atoms with Crippen molar-refractivity contribution < 1.29 is 14.3 Å². The van der Waals surface area contributed by atoms with E-state index >= 15 is 0 Å². The molecule has 8 nitrogen and oxygen atoms in total. The van der Waals surface area contributed by atoms with Crippen LogP contribution in [0.15, 0.2) is 52.5 Å². The van der Waals surface area contributed by atoms with E-state index in [9.17, 15) is 9.59 Å². The van der Waals surface area contributed by atoms with Crippen molar-refractivity contribution in [2.24, 2.45) is 0 Å². The van der Waals surface area contributed by atoms with Crippen LogP contribution in [0.4, 0.5) is 5.69 Å². The molecule has 1 amide bonds. The molecule has 0 radical (unpaired) electrons. The SMILES string of the molecule is CC[C@@H](Sc1nc2ncccc2c(=O)n1C[C@@H]1CCCO1)C(=O)Nc1cccc(OC)c1. The third kappa shape index (κ3) is 4.94. The van der Waals surface area contributed by atoms with Crippen molar-refractivity contribution in [3.63, 3.8) is 0 Å². The summed E-state index contributed by atoms with van der Waals surface area (Å²) in [5, 5.41) is 3.44. The molecule has 0 spiro atoms. The number of anilines is 1. The van der Waals surface area contributed by atoms with Crippen molar-refractivity contribution in [2.75, 3.05) is 19.0 Å². The van der Waals surface area contributed by atoms with Crippen LogP contribution in [-0.4, -0.2) is 45.5 Å². The Kier molecular flexibility index (Phi) is 7.06. The number of ether oxygens (including phenoxy) is 2. The zero-order chi connectivity index (χ0) is 22.5. The van der Waals surface area contributed by atoms with Crippen molar-refractivity contribution in [3.05, 3.63) is 52.9 Å². The molecule has 3 aromatic rings. The lowest BCUT2D eigenvalue weighted by atomic mass is 10.2. The Labute approximate surface area is 190 Å². The molecule has 3 heterocycles. The van der Waals surface area contributed by atoms with E-state index in [0.29, 0.717) is 47.2 Å². The van der Waals surface area contributed by atoms with Gasteiger partial charge < -0.3 is 14.8 Å². The first-order valence-electron chi connectivity index (χ1n) is 10.7. The number of methoxy groups -OCH3 is 1. The molecule has 1 N–H and O–H groups in total. The third-order valence-corrected chi connectivity index (χ3v) is 6.71. The van der Waals surface area contributed by atoms with Crippen molar-refractivity contribution >= 4 is 34.4 Å². The van der Waals surface area contributed by atoms with Gasteiger partial charge in [0.15, 0.2) is 10.8 Å². The summed E-state index contributed by atoms with van der Waals surface area (Å²) in [5.74, 6) is 0.501. The topological polar surface area (TPSA) is 95.3 Å². The van der Waals surface area contributed by atoms with Crippen molar-refractivity contribution in [1.82, 2.24) is 14.5 Å². The normalized spacial score (nSPS) is 16.8. The monoisotopic (exact) mass is 454 g/mol. The minimum absolute atomic E-state index is 0.0336. The number of rotatable bonds is 8. The van der Waals surface area contributed by atoms with E-state index in [1.54, 1.807) is 36.1 Å². The molecular weight excluding hydrogens is 428 g/mol. The fourth-order valence-electron chi connectivity index (χ4n) is 3.65. The van der Waals surface area contributed by atoms with Gasteiger partial charge in [-0.3, -0.25) is 14.2 Å². The minimum Gasteiger partial charge on any atom is -0.497 e. The molecule has 1 saturated heterocycles. The van der Waals surface area contributed by atoms with Crippen LogP contribution in [-0.2, 0) is 16.1 Å². The number of hydrogen-bond acceptors (Lipinski definition) is 7. The summed E-state index contributed by atoms with van der Waals surface area (Å²) in [6, 6.07) is 10.7. The second-order valence-electron chi connectivity index (χ2n) is 7.56. The Morgan fingerprint density at radius 1 is 1.38 bits per heavy atom. The maximum atomic E-state index is 13.2. The lowest BCUT2D eigenvalue weighted by molar-refractivity contribution is -0.115. The van der Waals surface area contributed by atoms with E-state index in [4.69, 9.17) is 9.47 Å². The Morgan fingerprint density at radius 3 is 3.00 bits per heavy atom. The van der Waals surface area contributed by atoms with Gasteiger partial charge in [-0.15, -0.1) is 0 Å². The maximum absolute atomic E-state index is 13.2. The van der Waals surface area contributed by atoms with Gasteiger partial charge in [0.1, 0.15) is 5.75 Å². The quantitative estimate of drug-likeness (QED) is 0.411. The number of amides is 1. The van der Waals surface area contributed by atoms with Gasteiger partial charge >= 0.3 is 0 Å². The van der Waals surface area contributed by atoms with Gasteiger partial charge in [0.25, 0.3) is 5.56 Å². The Morgan fingerprint density at radius 2 is 2.25 bits per heavy atom. The summed E-state index contributed by atoms with van der Waals surface area (Å²) >= 11 is 1.28. The van der Waals surface area contributed by atoms with E-state index in [0.717, 1.165) is 12.8 Å². The van der Waals surface area contributed by atoms with Crippen LogP contribution in [0.3, 0.4) is 0 Å². The molecule has 2 aromatic heterocycles. The number of benzene rings is 1. The summed E-state index contributed by atoms with van der Waals surface area (Å²) in [6.07, 6.45) is 4.02. The summed E-state index contributed by atoms with van der Waals surface area (Å²) in [7, 11) is 1.58. The van der Waals surface area contributed by atoms with Crippen LogP contribution < -0.4 is 15.6 Å². The molecule has 0 saturated carbocycles. The molecule has 2 atom stereocenters. The Hall–Kier alpha value is -2.91. The van der Waals surface area contributed by atoms with E-state index < -0.39 is 5.25 Å². The van der Waals surface area contributed by atoms with E-state index in [-0.39, 0.29) is 17.6 Å². The molecule has 1 aliphatic heterocycles. The predicted octanol–water partition coefficient (Wildman–Crippen LogP) is 3.49. The first-order valence-corrected chi connectivity index (χ1v) is 11.6. The van der Waals surface area contributed by atoms with Crippen molar-refractivity contribution in [2.45, 2.75) is 49.2 Å². The summed E-state index contributed by atoms with van der Waals surface area (Å²) < 4.78 is 12.6. The standard InChI is InChI=1S/C23H26N4O4S/c1-3-19(21(28)25-15-7-4-8-16(13-15)30-2)32-23-26-20-18(10-5-11-24-20)22(29)27(23)14-17-9-6-12-31-17/h4-5,7-8,10-11,13,17,19H,3,6,9,12,14H2,1-2H3,(H,25,28)/t17-,19+/m0/s1. The molecule has 9 heteroatoms. The molecule has 0 unspecified atom stereocenters. The van der Waals surface area contributed by atoms with Crippen LogP contribution >= 0.6 is 11.8 Å². The molecule has 168 valence electrons. The smallest absolute Gasteiger partial charge is 0.263 e. The predicted molar refractivity (Wildman–Crippen MR) is 124 cm³/mol. The molecule has 1 fully saturated rings. The number of carbonyl (C=O) groups excluding carboxylic acids is 1. The third-order valence-electron chi connectivity index (χ3n) is 5.35. The molecule has 0 bridgehead atoms. The Balaban J connectivity index is 1.62. The highest BCUT2D eigenvalue weighted by Gasteiger charge is 2.25. The van der Waals surface area contributed by atoms with Gasteiger partial charge in [-0.2, -0.15) is 0 Å². The summed E-state index contributed by atoms with van der Waals surface area (Å²) in [4.78, 5) is 35.2. The van der Waals surface area contributed by atoms with Gasteiger partial charge in [0, 0.05) is 24.6 Å². The highest BCUT2D eigenvalue weighted by molar-refractivity contribution is 8.00. The number of hydrogen-bond donors (Lipinski definition) is 1. The molecule has 0 aliphatic carbocycles. The highest BCUT2D eigenvalue weighted by atomic mass is 32.2. The number of nitrogens with zero attached hydrogens (tertiary/aromatic N) is 3. The Bertz CT molecular complexity index is 1160. The largest absolute Gasteiger partial charge is 0.497 e. The number of nitrogens with one attached hydrogen (secondary N) is 1. The zero-order valence-electron chi connectivity index (χ0n) is 18.1. The van der Waals surface area contributed by atoms with E-state index in [1.165, 1.54) is 11.8 Å². The number of aromatic nitrogens is 3. The average Bonchev–Trinajstić information content (AvgIpc) is 3.33. The van der Waals surface area contributed by atoms with Crippen LogP contribution in [0.5, 0.6) is 5.75 Å². The van der Waals surface area contributed by atoms with Gasteiger partial charge in [0.05, 0.1) is 30.4 Å². The van der Waals surface area contributed by atoms with E-state index in [1.807, 2.05) is 25.1 Å². The van der Waals surface area contributed by atoms with Gasteiger partial charge in [-0.05, 0) is 43.5 Å². The van der Waals surface area contributed by atoms with Gasteiger partial charge in [-0.1, -0.05) is 24.8 Å². The maximum Gasteiger partial charge on any atom is 0.263 e. The van der Waals surface area contributed by atoms with E-state index in [2.05, 4.69) is 15.3 Å². The van der Waals surface area contributed by atoms with Gasteiger partial charge in [-0.25, -0.2) is 9.97 Å². The molecule has 32 heavy (non-hydrogen) atoms. The second kappa shape index (κ2) is 10.1. The van der Waals surface area contributed by atoms with Crippen LogP contribution in [0.2, 0.25) is 0 Å². The number of fused-ring (bicyclic) bond motifs is 1. The lowest BCUT2D eigenvalue weighted by Gasteiger charge is -2.19. The molecule has 4 rings (SSSR count). The molecule has 1 aromatic carbocycles.